The number of hydrogen-bond acceptors (Lipinski definition) is 5. The smallest absolute Gasteiger partial charge is 0.422 e. The van der Waals surface area contributed by atoms with Crippen LogP contribution in [0.2, 0.25) is 0 Å². The van der Waals surface area contributed by atoms with Crippen molar-refractivity contribution in [2.45, 2.75) is 18.0 Å². The number of ketones is 1. The molecule has 2 rings (SSSR count). The fourth-order valence-corrected chi connectivity index (χ4v) is 2.81. The molecule has 1 N–H and O–H groups in total. The summed E-state index contributed by atoms with van der Waals surface area (Å²) in [6, 6.07) is 7.63. The van der Waals surface area contributed by atoms with Crippen molar-refractivity contribution in [3.63, 3.8) is 0 Å². The van der Waals surface area contributed by atoms with Crippen molar-refractivity contribution >= 4 is 21.5 Å². The SMILES string of the molecule is CC(=O)c1ccc(S(=O)(=O)Nc2ccc(OCC(F)(F)F)nc2)cc1. The zero-order valence-electron chi connectivity index (χ0n) is 12.9. The topological polar surface area (TPSA) is 85.4 Å². The maximum atomic E-state index is 12.2. The number of benzene rings is 1. The van der Waals surface area contributed by atoms with Crippen LogP contribution in [0.4, 0.5) is 18.9 Å². The van der Waals surface area contributed by atoms with E-state index in [1.165, 1.54) is 37.3 Å². The van der Waals surface area contributed by atoms with Crippen molar-refractivity contribution < 1.29 is 31.1 Å². The van der Waals surface area contributed by atoms with Gasteiger partial charge < -0.3 is 4.74 Å². The Morgan fingerprint density at radius 3 is 2.28 bits per heavy atom. The van der Waals surface area contributed by atoms with Crippen molar-refractivity contribution in [1.82, 2.24) is 4.98 Å². The fourth-order valence-electron chi connectivity index (χ4n) is 1.76. The van der Waals surface area contributed by atoms with Crippen LogP contribution >= 0.6 is 0 Å². The number of hydrogen-bond donors (Lipinski definition) is 1. The van der Waals surface area contributed by atoms with Crippen LogP contribution in [0.3, 0.4) is 0 Å². The molecule has 0 saturated heterocycles. The summed E-state index contributed by atoms with van der Waals surface area (Å²) < 4.78 is 67.2. The second kappa shape index (κ2) is 7.09. The highest BCUT2D eigenvalue weighted by molar-refractivity contribution is 7.92. The van der Waals surface area contributed by atoms with Gasteiger partial charge in [-0.05, 0) is 25.1 Å². The van der Waals surface area contributed by atoms with Gasteiger partial charge in [-0.25, -0.2) is 13.4 Å². The van der Waals surface area contributed by atoms with Gasteiger partial charge in [-0.15, -0.1) is 0 Å². The molecule has 0 fully saturated rings. The van der Waals surface area contributed by atoms with Gasteiger partial charge in [-0.1, -0.05) is 12.1 Å². The third-order valence-electron chi connectivity index (χ3n) is 2.94. The number of alkyl halides is 3. The lowest BCUT2D eigenvalue weighted by atomic mass is 10.2. The molecular formula is C15H13F3N2O4S. The maximum Gasteiger partial charge on any atom is 0.422 e. The van der Waals surface area contributed by atoms with Crippen molar-refractivity contribution in [3.05, 3.63) is 48.2 Å². The lowest BCUT2D eigenvalue weighted by molar-refractivity contribution is -0.154. The molecule has 0 amide bonds. The second-order valence-electron chi connectivity index (χ2n) is 4.98. The molecule has 0 saturated carbocycles. The molecule has 1 aromatic carbocycles. The number of sulfonamides is 1. The van der Waals surface area contributed by atoms with Crippen LogP contribution in [0.5, 0.6) is 5.88 Å². The Kier molecular flexibility index (Phi) is 5.31. The number of ether oxygens (including phenoxy) is 1. The number of Topliss-reactive ketones (excluding diaryl/α,β-unsaturated/α-hetero) is 1. The Labute approximate surface area is 141 Å². The molecule has 2 aromatic rings. The largest absolute Gasteiger partial charge is 0.468 e. The predicted octanol–water partition coefficient (Wildman–Crippen LogP) is 3.03. The van der Waals surface area contributed by atoms with Crippen LogP contribution in [-0.4, -0.2) is 32.0 Å². The highest BCUT2D eigenvalue weighted by atomic mass is 32.2. The van der Waals surface area contributed by atoms with E-state index in [0.717, 1.165) is 12.3 Å². The number of nitrogens with zero attached hydrogens (tertiary/aromatic N) is 1. The third-order valence-corrected chi connectivity index (χ3v) is 4.34. The minimum Gasteiger partial charge on any atom is -0.468 e. The van der Waals surface area contributed by atoms with Crippen molar-refractivity contribution in [2.75, 3.05) is 11.3 Å². The van der Waals surface area contributed by atoms with Gasteiger partial charge in [-0.2, -0.15) is 13.2 Å². The highest BCUT2D eigenvalue weighted by Gasteiger charge is 2.28. The van der Waals surface area contributed by atoms with Gasteiger partial charge >= 0.3 is 6.18 Å². The van der Waals surface area contributed by atoms with E-state index in [2.05, 4.69) is 14.4 Å². The number of anilines is 1. The van der Waals surface area contributed by atoms with E-state index in [-0.39, 0.29) is 22.2 Å². The molecule has 0 unspecified atom stereocenters. The number of nitrogens with one attached hydrogen (secondary N) is 1. The van der Waals surface area contributed by atoms with Gasteiger partial charge in [-0.3, -0.25) is 9.52 Å². The van der Waals surface area contributed by atoms with Gasteiger partial charge in [0.1, 0.15) is 0 Å². The third kappa shape index (κ3) is 5.45. The molecule has 1 heterocycles. The first-order valence-electron chi connectivity index (χ1n) is 6.86. The average Bonchev–Trinajstić information content (AvgIpc) is 2.53. The monoisotopic (exact) mass is 374 g/mol. The van der Waals surface area contributed by atoms with E-state index in [1.807, 2.05) is 0 Å². The van der Waals surface area contributed by atoms with Gasteiger partial charge in [0, 0.05) is 11.6 Å². The van der Waals surface area contributed by atoms with Crippen LogP contribution in [0.25, 0.3) is 0 Å². The Morgan fingerprint density at radius 1 is 1.16 bits per heavy atom. The van der Waals surface area contributed by atoms with E-state index in [1.54, 1.807) is 0 Å². The van der Waals surface area contributed by atoms with E-state index in [0.29, 0.717) is 5.56 Å². The number of rotatable bonds is 6. The second-order valence-corrected chi connectivity index (χ2v) is 6.66. The predicted molar refractivity (Wildman–Crippen MR) is 83.0 cm³/mol. The molecule has 134 valence electrons. The molecule has 25 heavy (non-hydrogen) atoms. The van der Waals surface area contributed by atoms with Crippen LogP contribution in [0.1, 0.15) is 17.3 Å². The molecule has 10 heteroatoms. The van der Waals surface area contributed by atoms with E-state index >= 15 is 0 Å². The summed E-state index contributed by atoms with van der Waals surface area (Å²) in [5.74, 6) is -0.485. The first kappa shape index (κ1) is 18.7. The molecule has 0 aliphatic carbocycles. The molecule has 0 atom stereocenters. The number of aromatic nitrogens is 1. The molecule has 1 aromatic heterocycles. The van der Waals surface area contributed by atoms with Crippen LogP contribution in [0.15, 0.2) is 47.5 Å². The van der Waals surface area contributed by atoms with Gasteiger partial charge in [0.15, 0.2) is 12.4 Å². The Bertz CT molecular complexity index is 848. The number of carbonyl (C=O) groups is 1. The quantitative estimate of drug-likeness (QED) is 0.786. The Hall–Kier alpha value is -2.62. The summed E-state index contributed by atoms with van der Waals surface area (Å²) in [4.78, 5) is 14.7. The summed E-state index contributed by atoms with van der Waals surface area (Å²) in [5, 5.41) is 0. The molecule has 0 spiro atoms. The molecule has 6 nitrogen and oxygen atoms in total. The zero-order valence-corrected chi connectivity index (χ0v) is 13.7. The lowest BCUT2D eigenvalue weighted by Gasteiger charge is -2.10. The van der Waals surface area contributed by atoms with Crippen LogP contribution in [0, 0.1) is 0 Å². The molecule has 0 bridgehead atoms. The Balaban J connectivity index is 2.08. The summed E-state index contributed by atoms with van der Waals surface area (Å²) in [5.41, 5.74) is 0.418. The fraction of sp³-hybridized carbons (Fsp3) is 0.200. The first-order valence-corrected chi connectivity index (χ1v) is 8.34. The van der Waals surface area contributed by atoms with Crippen LogP contribution in [-0.2, 0) is 10.0 Å². The van der Waals surface area contributed by atoms with E-state index < -0.39 is 22.8 Å². The Morgan fingerprint density at radius 2 is 1.80 bits per heavy atom. The lowest BCUT2D eigenvalue weighted by Crippen LogP contribution is -2.19. The normalized spacial score (nSPS) is 11.8. The first-order chi connectivity index (χ1) is 11.6. The summed E-state index contributed by atoms with van der Waals surface area (Å²) in [6.07, 6.45) is -3.46. The van der Waals surface area contributed by atoms with Gasteiger partial charge in [0.2, 0.25) is 5.88 Å². The van der Waals surface area contributed by atoms with E-state index in [4.69, 9.17) is 0 Å². The van der Waals surface area contributed by atoms with Crippen LogP contribution < -0.4 is 9.46 Å². The highest BCUT2D eigenvalue weighted by Crippen LogP contribution is 2.20. The number of halogens is 3. The molecule has 0 aliphatic heterocycles. The number of pyridine rings is 1. The minimum atomic E-state index is -4.49. The standard InChI is InChI=1S/C15H13F3N2O4S/c1-10(21)11-2-5-13(6-3-11)25(22,23)20-12-4-7-14(19-8-12)24-9-15(16,17)18/h2-8,20H,9H2,1H3. The minimum absolute atomic E-state index is 0.0509. The van der Waals surface area contributed by atoms with Gasteiger partial charge in [0.25, 0.3) is 10.0 Å². The molecule has 0 radical (unpaired) electrons. The van der Waals surface area contributed by atoms with Crippen molar-refractivity contribution in [3.8, 4) is 5.88 Å². The zero-order chi connectivity index (χ0) is 18.7. The maximum absolute atomic E-state index is 12.2. The molecular weight excluding hydrogens is 361 g/mol. The summed E-state index contributed by atoms with van der Waals surface area (Å²) in [7, 11) is -3.93. The molecule has 0 aliphatic rings. The average molecular weight is 374 g/mol. The number of carbonyl (C=O) groups excluding carboxylic acids is 1. The van der Waals surface area contributed by atoms with E-state index in [9.17, 15) is 26.4 Å². The summed E-state index contributed by atoms with van der Waals surface area (Å²) >= 11 is 0. The summed E-state index contributed by atoms with van der Waals surface area (Å²) in [6.45, 7) is -0.136. The van der Waals surface area contributed by atoms with Gasteiger partial charge in [0.05, 0.1) is 16.8 Å². The van der Waals surface area contributed by atoms with Crippen molar-refractivity contribution in [2.24, 2.45) is 0 Å². The van der Waals surface area contributed by atoms with Crippen molar-refractivity contribution in [1.29, 1.82) is 0 Å².